The summed E-state index contributed by atoms with van der Waals surface area (Å²) in [5.74, 6) is 6.85. The summed E-state index contributed by atoms with van der Waals surface area (Å²) in [5, 5.41) is 2.81. The minimum atomic E-state index is -0.398. The summed E-state index contributed by atoms with van der Waals surface area (Å²) >= 11 is 0. The number of ether oxygens (including phenoxy) is 1. The van der Waals surface area contributed by atoms with Crippen LogP contribution in [0, 0.1) is 11.8 Å². The number of hydrogen-bond acceptors (Lipinski definition) is 2. The average molecular weight is 410 g/mol. The normalized spacial score (nSPS) is 12.0. The molecule has 0 saturated heterocycles. The topological polar surface area (TPSA) is 38.3 Å². The van der Waals surface area contributed by atoms with Gasteiger partial charge in [0.05, 0.1) is 0 Å². The molecule has 3 aromatic rings. The van der Waals surface area contributed by atoms with E-state index in [4.69, 9.17) is 4.74 Å². The van der Waals surface area contributed by atoms with Crippen LogP contribution in [0.15, 0.2) is 72.8 Å². The van der Waals surface area contributed by atoms with E-state index >= 15 is 0 Å². The molecule has 0 unspecified atom stereocenters. The molecule has 0 bridgehead atoms. The lowest BCUT2D eigenvalue weighted by molar-refractivity contribution is 0.143. The van der Waals surface area contributed by atoms with Crippen LogP contribution in [0.5, 0.6) is 0 Å². The van der Waals surface area contributed by atoms with Gasteiger partial charge in [-0.3, -0.25) is 0 Å². The van der Waals surface area contributed by atoms with Gasteiger partial charge in [0.2, 0.25) is 0 Å². The maximum atomic E-state index is 12.2. The summed E-state index contributed by atoms with van der Waals surface area (Å²) in [5.41, 5.74) is 7.17. The van der Waals surface area contributed by atoms with Crippen molar-refractivity contribution in [3.05, 3.63) is 95.1 Å². The lowest BCUT2D eigenvalue weighted by atomic mass is 9.98. The van der Waals surface area contributed by atoms with Crippen molar-refractivity contribution < 1.29 is 9.53 Å². The van der Waals surface area contributed by atoms with Gasteiger partial charge in [-0.2, -0.15) is 0 Å². The molecule has 0 heterocycles. The summed E-state index contributed by atoms with van der Waals surface area (Å²) < 4.78 is 5.55. The van der Waals surface area contributed by atoms with E-state index in [2.05, 4.69) is 67.4 Å². The van der Waals surface area contributed by atoms with Gasteiger partial charge in [0.1, 0.15) is 6.61 Å². The van der Waals surface area contributed by atoms with Gasteiger partial charge in [-0.15, -0.1) is 0 Å². The summed E-state index contributed by atoms with van der Waals surface area (Å²) in [7, 11) is 0. The van der Waals surface area contributed by atoms with Crippen molar-refractivity contribution in [1.29, 1.82) is 0 Å². The van der Waals surface area contributed by atoms with E-state index < -0.39 is 6.09 Å². The summed E-state index contributed by atoms with van der Waals surface area (Å²) in [4.78, 5) is 12.2. The van der Waals surface area contributed by atoms with Crippen LogP contribution < -0.4 is 5.32 Å². The molecule has 0 atom stereocenters. The predicted octanol–water partition coefficient (Wildman–Crippen LogP) is 6.09. The average Bonchev–Trinajstić information content (AvgIpc) is 3.11. The molecule has 31 heavy (non-hydrogen) atoms. The largest absolute Gasteiger partial charge is 0.449 e. The molecule has 0 radical (unpaired) electrons. The molecule has 0 aliphatic heterocycles. The van der Waals surface area contributed by atoms with Crippen LogP contribution in [0.2, 0.25) is 0 Å². The van der Waals surface area contributed by atoms with Crippen molar-refractivity contribution in [3.8, 4) is 23.0 Å². The highest BCUT2D eigenvalue weighted by atomic mass is 16.5. The summed E-state index contributed by atoms with van der Waals surface area (Å²) in [6.45, 7) is 5.14. The second kappa shape index (κ2) is 9.53. The minimum Gasteiger partial charge on any atom is -0.449 e. The maximum absolute atomic E-state index is 12.2. The molecular formula is C28H27NO2. The Morgan fingerprint density at radius 2 is 1.65 bits per heavy atom. The van der Waals surface area contributed by atoms with Crippen molar-refractivity contribution >= 4 is 6.09 Å². The molecule has 1 amide bonds. The third kappa shape index (κ3) is 4.81. The number of benzene rings is 3. The molecule has 0 aromatic heterocycles. The van der Waals surface area contributed by atoms with Crippen LogP contribution in [-0.4, -0.2) is 19.2 Å². The van der Waals surface area contributed by atoms with Crippen LogP contribution in [0.25, 0.3) is 11.1 Å². The molecule has 4 rings (SSSR count). The predicted molar refractivity (Wildman–Crippen MR) is 125 cm³/mol. The molecule has 1 N–H and O–H groups in total. The van der Waals surface area contributed by atoms with Gasteiger partial charge in [0, 0.05) is 24.4 Å². The Kier molecular flexibility index (Phi) is 6.38. The van der Waals surface area contributed by atoms with Crippen LogP contribution in [0.1, 0.15) is 54.4 Å². The van der Waals surface area contributed by atoms with E-state index in [9.17, 15) is 4.79 Å². The van der Waals surface area contributed by atoms with Gasteiger partial charge < -0.3 is 10.1 Å². The van der Waals surface area contributed by atoms with Crippen LogP contribution >= 0.6 is 0 Å². The van der Waals surface area contributed by atoms with Gasteiger partial charge in [0.25, 0.3) is 0 Å². The zero-order chi connectivity index (χ0) is 21.6. The van der Waals surface area contributed by atoms with Gasteiger partial charge >= 0.3 is 6.09 Å². The molecule has 1 aliphatic rings. The third-order valence-electron chi connectivity index (χ3n) is 5.65. The van der Waals surface area contributed by atoms with E-state index in [0.717, 1.165) is 5.56 Å². The van der Waals surface area contributed by atoms with E-state index in [1.54, 1.807) is 0 Å². The minimum absolute atomic E-state index is 0.0752. The standard InChI is InChI=1S/C28H27NO2/c1-20(2)22-12-9-11-21(18-22)10-7-8-17-29-28(30)31-19-27-25-15-5-3-13-23(25)24-14-4-6-16-26(24)27/h3-6,9,11-16,18,20,27H,8,17,19H2,1-2H3,(H,29,30). The van der Waals surface area contributed by atoms with Crippen molar-refractivity contribution in [2.75, 3.05) is 13.2 Å². The number of rotatable bonds is 5. The Bertz CT molecular complexity index is 1090. The SMILES string of the molecule is CC(C)c1cccc(C#CCCNC(=O)OCC2c3ccccc3-c3ccccc32)c1. The second-order valence-electron chi connectivity index (χ2n) is 8.08. The quantitative estimate of drug-likeness (QED) is 0.409. The fourth-order valence-electron chi connectivity index (χ4n) is 4.02. The Balaban J connectivity index is 1.28. The molecule has 3 heteroatoms. The van der Waals surface area contributed by atoms with Crippen molar-refractivity contribution in [1.82, 2.24) is 5.32 Å². The van der Waals surface area contributed by atoms with Gasteiger partial charge in [-0.1, -0.05) is 86.4 Å². The molecule has 156 valence electrons. The smallest absolute Gasteiger partial charge is 0.407 e. The zero-order valence-corrected chi connectivity index (χ0v) is 18.0. The lowest BCUT2D eigenvalue weighted by Gasteiger charge is -2.14. The number of nitrogens with one attached hydrogen (secondary N) is 1. The first-order valence-corrected chi connectivity index (χ1v) is 10.8. The number of hydrogen-bond donors (Lipinski definition) is 1. The molecule has 0 spiro atoms. The van der Waals surface area contributed by atoms with E-state index in [1.165, 1.54) is 27.8 Å². The Morgan fingerprint density at radius 3 is 2.32 bits per heavy atom. The molecule has 1 aliphatic carbocycles. The van der Waals surface area contributed by atoms with Crippen molar-refractivity contribution in [2.45, 2.75) is 32.1 Å². The van der Waals surface area contributed by atoms with Gasteiger partial charge in [0.15, 0.2) is 0 Å². The Hall–Kier alpha value is -3.51. The highest BCUT2D eigenvalue weighted by Gasteiger charge is 2.28. The van der Waals surface area contributed by atoms with Gasteiger partial charge in [-0.05, 0) is 45.9 Å². The second-order valence-corrected chi connectivity index (χ2v) is 8.08. The first-order chi connectivity index (χ1) is 15.1. The van der Waals surface area contributed by atoms with Crippen LogP contribution in [0.3, 0.4) is 0 Å². The number of carbonyl (C=O) groups excluding carboxylic acids is 1. The van der Waals surface area contributed by atoms with Crippen molar-refractivity contribution in [2.24, 2.45) is 0 Å². The first-order valence-electron chi connectivity index (χ1n) is 10.8. The molecule has 0 saturated carbocycles. The van der Waals surface area contributed by atoms with Crippen LogP contribution in [-0.2, 0) is 4.74 Å². The summed E-state index contributed by atoms with van der Waals surface area (Å²) in [6.07, 6.45) is 0.182. The molecule has 3 nitrogen and oxygen atoms in total. The first kappa shape index (κ1) is 20.8. The molecule has 0 fully saturated rings. The van der Waals surface area contributed by atoms with E-state index in [-0.39, 0.29) is 5.92 Å². The fourth-order valence-corrected chi connectivity index (χ4v) is 4.02. The van der Waals surface area contributed by atoms with E-state index in [0.29, 0.717) is 25.5 Å². The lowest BCUT2D eigenvalue weighted by Crippen LogP contribution is -2.26. The third-order valence-corrected chi connectivity index (χ3v) is 5.65. The zero-order valence-electron chi connectivity index (χ0n) is 18.0. The Morgan fingerprint density at radius 1 is 0.968 bits per heavy atom. The van der Waals surface area contributed by atoms with Crippen LogP contribution in [0.4, 0.5) is 4.79 Å². The van der Waals surface area contributed by atoms with Gasteiger partial charge in [-0.25, -0.2) is 4.79 Å². The molecular weight excluding hydrogens is 382 g/mol. The number of amides is 1. The molecule has 3 aromatic carbocycles. The Labute approximate surface area is 184 Å². The maximum Gasteiger partial charge on any atom is 0.407 e. The fraction of sp³-hybridized carbons (Fsp3) is 0.250. The highest BCUT2D eigenvalue weighted by molar-refractivity contribution is 5.79. The number of fused-ring (bicyclic) bond motifs is 3. The highest BCUT2D eigenvalue weighted by Crippen LogP contribution is 2.44. The number of alkyl carbamates (subject to hydrolysis) is 1. The van der Waals surface area contributed by atoms with Crippen molar-refractivity contribution in [3.63, 3.8) is 0 Å². The number of carbonyl (C=O) groups is 1. The van der Waals surface area contributed by atoms with E-state index in [1.807, 2.05) is 36.4 Å². The summed E-state index contributed by atoms with van der Waals surface area (Å²) in [6, 6.07) is 24.9. The monoisotopic (exact) mass is 409 g/mol.